The molecule has 1 aromatic carbocycles. The predicted molar refractivity (Wildman–Crippen MR) is 75.3 cm³/mol. The summed E-state index contributed by atoms with van der Waals surface area (Å²) in [5.41, 5.74) is -0.0315. The van der Waals surface area contributed by atoms with Gasteiger partial charge in [-0.3, -0.25) is 14.9 Å². The van der Waals surface area contributed by atoms with Crippen LogP contribution in [-0.2, 0) is 15.0 Å². The zero-order valence-corrected chi connectivity index (χ0v) is 11.7. The fraction of sp³-hybridized carbons (Fsp3) is 0.286. The molecule has 0 aliphatic carbocycles. The van der Waals surface area contributed by atoms with Gasteiger partial charge < -0.3 is 0 Å². The molecular formula is C14H13Cl2NO2. The SMILES string of the molecule is C=CC[C@]1(c2ccc(Cl)c(Cl)c2)CCC(=O)NC1=O. The van der Waals surface area contributed by atoms with Gasteiger partial charge in [0.25, 0.3) is 0 Å². The van der Waals surface area contributed by atoms with Crippen LogP contribution in [0, 0.1) is 0 Å². The van der Waals surface area contributed by atoms with Gasteiger partial charge >= 0.3 is 0 Å². The first-order valence-electron chi connectivity index (χ1n) is 5.90. The van der Waals surface area contributed by atoms with Crippen molar-refractivity contribution in [2.75, 3.05) is 0 Å². The van der Waals surface area contributed by atoms with Gasteiger partial charge in [0.05, 0.1) is 15.5 Å². The third-order valence-electron chi connectivity index (χ3n) is 3.43. The molecule has 5 heteroatoms. The maximum absolute atomic E-state index is 12.3. The Morgan fingerprint density at radius 2 is 2.05 bits per heavy atom. The van der Waals surface area contributed by atoms with Gasteiger partial charge in [-0.1, -0.05) is 35.3 Å². The number of hydrogen-bond donors (Lipinski definition) is 1. The lowest BCUT2D eigenvalue weighted by Crippen LogP contribution is -2.51. The van der Waals surface area contributed by atoms with Gasteiger partial charge in [-0.2, -0.15) is 0 Å². The maximum Gasteiger partial charge on any atom is 0.237 e. The Hall–Kier alpha value is -1.32. The second-order valence-corrected chi connectivity index (χ2v) is 5.40. The average molecular weight is 298 g/mol. The number of imide groups is 1. The summed E-state index contributed by atoms with van der Waals surface area (Å²) in [6, 6.07) is 5.11. The van der Waals surface area contributed by atoms with Crippen molar-refractivity contribution in [2.45, 2.75) is 24.7 Å². The molecule has 0 spiro atoms. The Kier molecular flexibility index (Phi) is 3.97. The Labute approximate surface area is 121 Å². The van der Waals surface area contributed by atoms with Crippen molar-refractivity contribution in [3.63, 3.8) is 0 Å². The molecule has 1 heterocycles. The van der Waals surface area contributed by atoms with Crippen LogP contribution >= 0.6 is 23.2 Å². The third kappa shape index (κ3) is 2.53. The second kappa shape index (κ2) is 5.35. The molecule has 3 nitrogen and oxygen atoms in total. The summed E-state index contributed by atoms with van der Waals surface area (Å²) in [5, 5.41) is 3.22. The van der Waals surface area contributed by atoms with E-state index in [1.54, 1.807) is 24.3 Å². The van der Waals surface area contributed by atoms with Crippen LogP contribution in [0.1, 0.15) is 24.8 Å². The van der Waals surface area contributed by atoms with Crippen LogP contribution in [0.25, 0.3) is 0 Å². The summed E-state index contributed by atoms with van der Waals surface area (Å²) < 4.78 is 0. The first kappa shape index (κ1) is 14.1. The molecule has 0 bridgehead atoms. The quantitative estimate of drug-likeness (QED) is 0.688. The minimum absolute atomic E-state index is 0.246. The van der Waals surface area contributed by atoms with Crippen LogP contribution in [0.15, 0.2) is 30.9 Å². The molecule has 0 saturated carbocycles. The summed E-state index contributed by atoms with van der Waals surface area (Å²) >= 11 is 11.9. The molecular weight excluding hydrogens is 285 g/mol. The largest absolute Gasteiger partial charge is 0.296 e. The minimum Gasteiger partial charge on any atom is -0.296 e. The highest BCUT2D eigenvalue weighted by Gasteiger charge is 2.43. The first-order chi connectivity index (χ1) is 8.99. The molecule has 1 aromatic rings. The number of hydrogen-bond acceptors (Lipinski definition) is 2. The number of piperidine rings is 1. The van der Waals surface area contributed by atoms with Crippen LogP contribution < -0.4 is 5.32 Å². The van der Waals surface area contributed by atoms with E-state index < -0.39 is 5.41 Å². The number of halogens is 2. The van der Waals surface area contributed by atoms with Crippen LogP contribution in [0.4, 0.5) is 0 Å². The standard InChI is InChI=1S/C14H13Cl2NO2/c1-2-6-14(7-5-12(18)17-13(14)19)9-3-4-10(15)11(16)8-9/h2-4,8H,1,5-7H2,(H,17,18,19)/t14-/m1/s1. The number of carbonyl (C=O) groups excluding carboxylic acids is 2. The smallest absolute Gasteiger partial charge is 0.237 e. The van der Waals surface area contributed by atoms with Gasteiger partial charge in [0.2, 0.25) is 11.8 Å². The van der Waals surface area contributed by atoms with Crippen LogP contribution in [0.3, 0.4) is 0 Å². The fourth-order valence-electron chi connectivity index (χ4n) is 2.38. The van der Waals surface area contributed by atoms with E-state index in [9.17, 15) is 9.59 Å². The summed E-state index contributed by atoms with van der Waals surface area (Å²) in [5.74, 6) is -0.549. The molecule has 1 fully saturated rings. The van der Waals surface area contributed by atoms with Crippen LogP contribution in [0.5, 0.6) is 0 Å². The number of allylic oxidation sites excluding steroid dienone is 1. The molecule has 0 aromatic heterocycles. The minimum atomic E-state index is -0.788. The molecule has 1 atom stereocenters. The first-order valence-corrected chi connectivity index (χ1v) is 6.66. The highest BCUT2D eigenvalue weighted by atomic mass is 35.5. The highest BCUT2D eigenvalue weighted by Crippen LogP contribution is 2.38. The normalized spacial score (nSPS) is 23.1. The van der Waals surface area contributed by atoms with Crippen LogP contribution in [-0.4, -0.2) is 11.8 Å². The Morgan fingerprint density at radius 3 is 2.63 bits per heavy atom. The summed E-state index contributed by atoms with van der Waals surface area (Å²) in [6.07, 6.45) is 2.88. The molecule has 19 heavy (non-hydrogen) atoms. The van der Waals surface area contributed by atoms with Crippen molar-refractivity contribution in [1.82, 2.24) is 5.32 Å². The lowest BCUT2D eigenvalue weighted by atomic mass is 9.71. The zero-order valence-electron chi connectivity index (χ0n) is 10.2. The molecule has 0 radical (unpaired) electrons. The zero-order chi connectivity index (χ0) is 14.0. The van der Waals surface area contributed by atoms with Crippen molar-refractivity contribution in [3.05, 3.63) is 46.5 Å². The van der Waals surface area contributed by atoms with Gasteiger partial charge in [0.15, 0.2) is 0 Å². The Balaban J connectivity index is 2.49. The lowest BCUT2D eigenvalue weighted by Gasteiger charge is -2.35. The van der Waals surface area contributed by atoms with Crippen molar-refractivity contribution >= 4 is 35.0 Å². The van der Waals surface area contributed by atoms with E-state index in [0.717, 1.165) is 5.56 Å². The van der Waals surface area contributed by atoms with Crippen molar-refractivity contribution in [1.29, 1.82) is 0 Å². The molecule has 2 rings (SSSR count). The van der Waals surface area contributed by atoms with E-state index in [0.29, 0.717) is 29.3 Å². The Bertz CT molecular complexity index is 556. The Morgan fingerprint density at radius 1 is 1.32 bits per heavy atom. The lowest BCUT2D eigenvalue weighted by molar-refractivity contribution is -0.137. The number of carbonyl (C=O) groups is 2. The number of benzene rings is 1. The van der Waals surface area contributed by atoms with Gasteiger partial charge in [-0.15, -0.1) is 6.58 Å². The van der Waals surface area contributed by atoms with Crippen molar-refractivity contribution in [3.8, 4) is 0 Å². The van der Waals surface area contributed by atoms with E-state index in [2.05, 4.69) is 11.9 Å². The van der Waals surface area contributed by atoms with E-state index in [4.69, 9.17) is 23.2 Å². The fourth-order valence-corrected chi connectivity index (χ4v) is 2.68. The van der Waals surface area contributed by atoms with Crippen molar-refractivity contribution < 1.29 is 9.59 Å². The second-order valence-electron chi connectivity index (χ2n) is 4.58. The summed E-state index contributed by atoms with van der Waals surface area (Å²) in [6.45, 7) is 3.69. The molecule has 1 aliphatic rings. The predicted octanol–water partition coefficient (Wildman–Crippen LogP) is 3.24. The topological polar surface area (TPSA) is 46.2 Å². The molecule has 1 N–H and O–H groups in total. The van der Waals surface area contributed by atoms with Crippen molar-refractivity contribution in [2.24, 2.45) is 0 Å². The highest BCUT2D eigenvalue weighted by molar-refractivity contribution is 6.42. The number of amides is 2. The summed E-state index contributed by atoms with van der Waals surface area (Å²) in [7, 11) is 0. The van der Waals surface area contributed by atoms with E-state index >= 15 is 0 Å². The number of nitrogens with one attached hydrogen (secondary N) is 1. The molecule has 1 saturated heterocycles. The number of rotatable bonds is 3. The van der Waals surface area contributed by atoms with E-state index in [1.165, 1.54) is 0 Å². The monoisotopic (exact) mass is 297 g/mol. The average Bonchev–Trinajstić information content (AvgIpc) is 2.36. The third-order valence-corrected chi connectivity index (χ3v) is 4.17. The van der Waals surface area contributed by atoms with Crippen LogP contribution in [0.2, 0.25) is 10.0 Å². The molecule has 2 amide bonds. The van der Waals surface area contributed by atoms with Gasteiger partial charge in [0, 0.05) is 6.42 Å². The maximum atomic E-state index is 12.3. The van der Waals surface area contributed by atoms with Gasteiger partial charge in [-0.05, 0) is 30.5 Å². The summed E-state index contributed by atoms with van der Waals surface area (Å²) in [4.78, 5) is 23.6. The molecule has 1 aliphatic heterocycles. The van der Waals surface area contributed by atoms with Gasteiger partial charge in [-0.25, -0.2) is 0 Å². The molecule has 100 valence electrons. The van der Waals surface area contributed by atoms with E-state index in [1.807, 2.05) is 0 Å². The van der Waals surface area contributed by atoms with E-state index in [-0.39, 0.29) is 11.8 Å². The molecule has 0 unspecified atom stereocenters. The van der Waals surface area contributed by atoms with Gasteiger partial charge in [0.1, 0.15) is 0 Å².